The molecule has 19 heavy (non-hydrogen) atoms. The Morgan fingerprint density at radius 2 is 2.16 bits per heavy atom. The van der Waals surface area contributed by atoms with Crippen molar-refractivity contribution in [2.45, 2.75) is 24.9 Å². The molecule has 0 aromatic carbocycles. The van der Waals surface area contributed by atoms with Gasteiger partial charge in [-0.25, -0.2) is 13.6 Å². The second-order valence-electron chi connectivity index (χ2n) is 4.17. The molecule has 106 valence electrons. The minimum absolute atomic E-state index is 0.655. The molecule has 1 aliphatic heterocycles. The topological polar surface area (TPSA) is 105 Å². The fraction of sp³-hybridized carbons (Fsp3) is 0.600. The van der Waals surface area contributed by atoms with E-state index in [2.05, 4.69) is 0 Å². The van der Waals surface area contributed by atoms with Crippen molar-refractivity contribution < 1.29 is 23.7 Å². The lowest BCUT2D eigenvalue weighted by atomic mass is 9.99. The molecule has 1 aromatic rings. The molecule has 1 saturated heterocycles. The van der Waals surface area contributed by atoms with Gasteiger partial charge >= 0.3 is 5.69 Å². The molecule has 1 aromatic heterocycles. The summed E-state index contributed by atoms with van der Waals surface area (Å²) in [6, 6.07) is 1.00. The van der Waals surface area contributed by atoms with Gasteiger partial charge in [-0.2, -0.15) is 0 Å². The number of H-pyrrole nitrogens is 1. The van der Waals surface area contributed by atoms with Crippen molar-refractivity contribution >= 4 is 0 Å². The lowest BCUT2D eigenvalue weighted by Gasteiger charge is -2.18. The molecule has 2 heterocycles. The zero-order chi connectivity index (χ0) is 14.2. The average Bonchev–Trinajstić information content (AvgIpc) is 2.66. The Morgan fingerprint density at radius 3 is 2.63 bits per heavy atom. The van der Waals surface area contributed by atoms with Crippen LogP contribution in [-0.4, -0.2) is 45.0 Å². The third-order valence-corrected chi connectivity index (χ3v) is 3.03. The summed E-state index contributed by atoms with van der Waals surface area (Å²) in [7, 11) is 0. The Kier molecular flexibility index (Phi) is 3.78. The van der Waals surface area contributed by atoms with E-state index in [4.69, 9.17) is 9.84 Å². The number of ether oxygens (including phenoxy) is 1. The molecule has 1 fully saturated rings. The molecular weight excluding hydrogens is 266 g/mol. The normalized spacial score (nSPS) is 31.0. The molecule has 0 amide bonds. The number of aliphatic hydroxyl groups excluding tert-OH is 2. The number of hydrogen-bond acceptors (Lipinski definition) is 5. The molecular formula is C10H12F2N2O5. The average molecular weight is 278 g/mol. The van der Waals surface area contributed by atoms with Crippen LogP contribution in [0.25, 0.3) is 0 Å². The van der Waals surface area contributed by atoms with E-state index < -0.39 is 48.6 Å². The third kappa shape index (κ3) is 2.44. The first-order valence-corrected chi connectivity index (χ1v) is 5.49. The molecule has 0 radical (unpaired) electrons. The Bertz CT molecular complexity index is 557. The number of rotatable bonds is 3. The number of halogens is 2. The van der Waals surface area contributed by atoms with Gasteiger partial charge in [-0.15, -0.1) is 0 Å². The number of nitrogens with zero attached hydrogens (tertiary/aromatic N) is 1. The van der Waals surface area contributed by atoms with Crippen LogP contribution in [0.2, 0.25) is 0 Å². The van der Waals surface area contributed by atoms with Gasteiger partial charge in [-0.1, -0.05) is 0 Å². The van der Waals surface area contributed by atoms with Crippen LogP contribution in [-0.2, 0) is 4.74 Å². The zero-order valence-electron chi connectivity index (χ0n) is 9.57. The van der Waals surface area contributed by atoms with Gasteiger partial charge in [0.15, 0.2) is 6.23 Å². The Balaban J connectivity index is 2.36. The van der Waals surface area contributed by atoms with Gasteiger partial charge in [0.1, 0.15) is 6.10 Å². The maximum absolute atomic E-state index is 12.8. The van der Waals surface area contributed by atoms with E-state index in [9.17, 15) is 23.5 Å². The Morgan fingerprint density at radius 1 is 1.47 bits per heavy atom. The predicted octanol–water partition coefficient (Wildman–Crippen LogP) is -1.33. The summed E-state index contributed by atoms with van der Waals surface area (Å²) in [5.74, 6) is -1.60. The van der Waals surface area contributed by atoms with E-state index in [0.29, 0.717) is 0 Å². The molecule has 4 unspecified atom stereocenters. The van der Waals surface area contributed by atoms with Crippen LogP contribution in [0.5, 0.6) is 0 Å². The number of aromatic nitrogens is 2. The fourth-order valence-electron chi connectivity index (χ4n) is 2.09. The van der Waals surface area contributed by atoms with Crippen LogP contribution in [0.4, 0.5) is 8.78 Å². The largest absolute Gasteiger partial charge is 0.394 e. The van der Waals surface area contributed by atoms with Gasteiger partial charge in [0.05, 0.1) is 18.6 Å². The van der Waals surface area contributed by atoms with Crippen molar-refractivity contribution in [2.24, 2.45) is 5.92 Å². The Labute approximate surface area is 105 Å². The van der Waals surface area contributed by atoms with Gasteiger partial charge < -0.3 is 14.9 Å². The minimum atomic E-state index is -2.91. The van der Waals surface area contributed by atoms with Crippen LogP contribution in [0, 0.1) is 5.92 Å². The third-order valence-electron chi connectivity index (χ3n) is 3.03. The molecule has 0 spiro atoms. The standard InChI is InChI=1S/C10H12F2N2O5/c11-8(12)6-4(3-15)19-9(7(6)17)14-2-1-5(16)13-10(14)18/h1-2,4,6-9,15,17H,3H2,(H,13,16,18). The lowest BCUT2D eigenvalue weighted by molar-refractivity contribution is -0.0560. The van der Waals surface area contributed by atoms with Gasteiger partial charge in [-0.05, 0) is 0 Å². The SMILES string of the molecule is O=c1ccn(C2OC(CO)C(C(F)F)C2O)c(=O)[nH]1. The van der Waals surface area contributed by atoms with Gasteiger partial charge in [0.25, 0.3) is 5.56 Å². The molecule has 3 N–H and O–H groups in total. The first kappa shape index (κ1) is 13.8. The fourth-order valence-corrected chi connectivity index (χ4v) is 2.09. The lowest BCUT2D eigenvalue weighted by Crippen LogP contribution is -2.37. The first-order chi connectivity index (χ1) is 8.95. The molecule has 0 bridgehead atoms. The second-order valence-corrected chi connectivity index (χ2v) is 4.17. The van der Waals surface area contributed by atoms with Crippen molar-refractivity contribution in [1.82, 2.24) is 9.55 Å². The van der Waals surface area contributed by atoms with Gasteiger partial charge in [0.2, 0.25) is 6.43 Å². The molecule has 4 atom stereocenters. The summed E-state index contributed by atoms with van der Waals surface area (Å²) in [5.41, 5.74) is -1.54. The molecule has 0 saturated carbocycles. The molecule has 1 aliphatic rings. The van der Waals surface area contributed by atoms with Crippen molar-refractivity contribution in [1.29, 1.82) is 0 Å². The molecule has 0 aliphatic carbocycles. The highest BCUT2D eigenvalue weighted by molar-refractivity contribution is 4.93. The van der Waals surface area contributed by atoms with Crippen LogP contribution >= 0.6 is 0 Å². The highest BCUT2D eigenvalue weighted by Crippen LogP contribution is 2.36. The van der Waals surface area contributed by atoms with Crippen LogP contribution < -0.4 is 11.2 Å². The number of hydrogen-bond donors (Lipinski definition) is 3. The van der Waals surface area contributed by atoms with E-state index in [0.717, 1.165) is 16.8 Å². The van der Waals surface area contributed by atoms with E-state index in [1.165, 1.54) is 0 Å². The van der Waals surface area contributed by atoms with Crippen LogP contribution in [0.15, 0.2) is 21.9 Å². The van der Waals surface area contributed by atoms with E-state index in [1.54, 1.807) is 0 Å². The van der Waals surface area contributed by atoms with Crippen molar-refractivity contribution in [3.05, 3.63) is 33.1 Å². The smallest absolute Gasteiger partial charge is 0.330 e. The van der Waals surface area contributed by atoms with E-state index >= 15 is 0 Å². The Hall–Kier alpha value is -1.58. The monoisotopic (exact) mass is 278 g/mol. The van der Waals surface area contributed by atoms with Crippen molar-refractivity contribution in [2.75, 3.05) is 6.61 Å². The summed E-state index contributed by atoms with van der Waals surface area (Å²) in [6.45, 7) is -0.708. The summed E-state index contributed by atoms with van der Waals surface area (Å²) in [4.78, 5) is 24.3. The molecule has 2 rings (SSSR count). The number of nitrogens with one attached hydrogen (secondary N) is 1. The quantitative estimate of drug-likeness (QED) is 0.635. The summed E-state index contributed by atoms with van der Waals surface area (Å²) >= 11 is 0. The molecule has 7 nitrogen and oxygen atoms in total. The summed E-state index contributed by atoms with van der Waals surface area (Å²) < 4.78 is 31.4. The number of alkyl halides is 2. The maximum Gasteiger partial charge on any atom is 0.330 e. The zero-order valence-corrected chi connectivity index (χ0v) is 9.57. The van der Waals surface area contributed by atoms with E-state index in [-0.39, 0.29) is 0 Å². The maximum atomic E-state index is 12.8. The first-order valence-electron chi connectivity index (χ1n) is 5.49. The van der Waals surface area contributed by atoms with Crippen LogP contribution in [0.1, 0.15) is 6.23 Å². The number of aliphatic hydroxyl groups is 2. The minimum Gasteiger partial charge on any atom is -0.394 e. The summed E-state index contributed by atoms with van der Waals surface area (Å²) in [5, 5.41) is 18.8. The highest BCUT2D eigenvalue weighted by Gasteiger charge is 2.49. The summed E-state index contributed by atoms with van der Waals surface area (Å²) in [6.07, 6.45) is -6.19. The highest BCUT2D eigenvalue weighted by atomic mass is 19.3. The van der Waals surface area contributed by atoms with Gasteiger partial charge in [0, 0.05) is 12.3 Å². The molecule has 9 heteroatoms. The van der Waals surface area contributed by atoms with Crippen LogP contribution in [0.3, 0.4) is 0 Å². The second kappa shape index (κ2) is 5.19. The van der Waals surface area contributed by atoms with Gasteiger partial charge in [-0.3, -0.25) is 14.3 Å². The van der Waals surface area contributed by atoms with Crippen molar-refractivity contribution in [3.8, 4) is 0 Å². The van der Waals surface area contributed by atoms with Crippen molar-refractivity contribution in [3.63, 3.8) is 0 Å². The predicted molar refractivity (Wildman–Crippen MR) is 57.8 cm³/mol. The van der Waals surface area contributed by atoms with E-state index in [1.807, 2.05) is 4.98 Å². The number of aromatic amines is 1.